The van der Waals surface area contributed by atoms with Crippen LogP contribution in [0.2, 0.25) is 5.02 Å². The van der Waals surface area contributed by atoms with E-state index in [0.717, 1.165) is 18.7 Å². The predicted octanol–water partition coefficient (Wildman–Crippen LogP) is 5.23. The van der Waals surface area contributed by atoms with Crippen LogP contribution < -0.4 is 0 Å². The molecule has 0 spiro atoms. The van der Waals surface area contributed by atoms with Gasteiger partial charge < -0.3 is 10.0 Å². The van der Waals surface area contributed by atoms with Gasteiger partial charge in [0.05, 0.1) is 5.60 Å². The Hall–Kier alpha value is -0.570. The lowest BCUT2D eigenvalue weighted by atomic mass is 9.95. The lowest BCUT2D eigenvalue weighted by Crippen LogP contribution is -2.40. The molecule has 0 saturated heterocycles. The smallest absolute Gasteiger partial charge is 0.0994 e. The van der Waals surface area contributed by atoms with Crippen LogP contribution in [-0.4, -0.2) is 29.6 Å². The van der Waals surface area contributed by atoms with E-state index in [4.69, 9.17) is 11.6 Å². The second-order valence-corrected chi connectivity index (χ2v) is 6.91. The summed E-state index contributed by atoms with van der Waals surface area (Å²) in [7, 11) is 0. The van der Waals surface area contributed by atoms with Crippen LogP contribution in [0, 0.1) is 0 Å². The van der Waals surface area contributed by atoms with Crippen LogP contribution in [0.4, 0.5) is 0 Å². The lowest BCUT2D eigenvalue weighted by Gasteiger charge is -2.32. The Morgan fingerprint density at radius 2 is 1.45 bits per heavy atom. The maximum absolute atomic E-state index is 10.9. The first kappa shape index (κ1) is 19.5. The SMILES string of the molecule is CCCCCN(CCCCC)CC(C)(O)c1ccc(Cl)cc1. The van der Waals surface area contributed by atoms with Crippen molar-refractivity contribution in [3.8, 4) is 0 Å². The predicted molar refractivity (Wildman–Crippen MR) is 96.5 cm³/mol. The van der Waals surface area contributed by atoms with Gasteiger partial charge in [-0.25, -0.2) is 0 Å². The normalized spacial score (nSPS) is 14.3. The van der Waals surface area contributed by atoms with E-state index in [0.29, 0.717) is 11.6 Å². The number of rotatable bonds is 11. The third-order valence-electron chi connectivity index (χ3n) is 4.15. The fourth-order valence-electron chi connectivity index (χ4n) is 2.78. The molecule has 0 aromatic heterocycles. The summed E-state index contributed by atoms with van der Waals surface area (Å²) in [6.07, 6.45) is 7.39. The van der Waals surface area contributed by atoms with Crippen molar-refractivity contribution in [3.05, 3.63) is 34.9 Å². The van der Waals surface area contributed by atoms with Crippen molar-refractivity contribution >= 4 is 11.6 Å². The number of benzene rings is 1. The minimum absolute atomic E-state index is 0.683. The van der Waals surface area contributed by atoms with E-state index < -0.39 is 5.60 Å². The van der Waals surface area contributed by atoms with Crippen LogP contribution in [-0.2, 0) is 5.60 Å². The van der Waals surface area contributed by atoms with Crippen LogP contribution in [0.1, 0.15) is 64.9 Å². The average molecular weight is 326 g/mol. The van der Waals surface area contributed by atoms with Crippen molar-refractivity contribution in [2.75, 3.05) is 19.6 Å². The number of hydrogen-bond acceptors (Lipinski definition) is 2. The van der Waals surface area contributed by atoms with Gasteiger partial charge in [-0.1, -0.05) is 63.3 Å². The number of aliphatic hydroxyl groups is 1. The molecule has 1 atom stereocenters. The van der Waals surface area contributed by atoms with E-state index >= 15 is 0 Å². The van der Waals surface area contributed by atoms with E-state index in [1.165, 1.54) is 38.5 Å². The van der Waals surface area contributed by atoms with E-state index in [1.807, 2.05) is 31.2 Å². The molecule has 0 radical (unpaired) electrons. The molecule has 0 aliphatic rings. The van der Waals surface area contributed by atoms with E-state index in [1.54, 1.807) is 0 Å². The minimum atomic E-state index is -0.830. The van der Waals surface area contributed by atoms with Crippen LogP contribution in [0.5, 0.6) is 0 Å². The first-order valence-electron chi connectivity index (χ1n) is 8.70. The monoisotopic (exact) mass is 325 g/mol. The topological polar surface area (TPSA) is 23.5 Å². The summed E-state index contributed by atoms with van der Waals surface area (Å²) in [5.41, 5.74) is 0.108. The molecule has 22 heavy (non-hydrogen) atoms. The van der Waals surface area contributed by atoms with Gasteiger partial charge in [0.25, 0.3) is 0 Å². The maximum atomic E-state index is 10.9. The van der Waals surface area contributed by atoms with Crippen molar-refractivity contribution in [2.45, 2.75) is 64.9 Å². The number of unbranched alkanes of at least 4 members (excludes halogenated alkanes) is 4. The standard InChI is InChI=1S/C19H32ClNO/c1-4-6-8-14-21(15-9-7-5-2)16-19(3,22)17-10-12-18(20)13-11-17/h10-13,22H,4-9,14-16H2,1-3H3. The van der Waals surface area contributed by atoms with E-state index in [9.17, 15) is 5.11 Å². The third-order valence-corrected chi connectivity index (χ3v) is 4.41. The zero-order valence-electron chi connectivity index (χ0n) is 14.4. The molecule has 126 valence electrons. The zero-order chi connectivity index (χ0) is 16.4. The Kier molecular flexibility index (Phi) is 9.08. The van der Waals surface area contributed by atoms with Gasteiger partial charge in [-0.05, 0) is 50.6 Å². The van der Waals surface area contributed by atoms with Crippen LogP contribution >= 0.6 is 11.6 Å². The molecule has 1 aromatic carbocycles. The van der Waals surface area contributed by atoms with Crippen molar-refractivity contribution in [3.63, 3.8) is 0 Å². The highest BCUT2D eigenvalue weighted by molar-refractivity contribution is 6.30. The van der Waals surface area contributed by atoms with Gasteiger partial charge in [-0.15, -0.1) is 0 Å². The second kappa shape index (κ2) is 10.3. The molecule has 2 nitrogen and oxygen atoms in total. The van der Waals surface area contributed by atoms with Gasteiger partial charge in [-0.3, -0.25) is 0 Å². The summed E-state index contributed by atoms with van der Waals surface area (Å²) >= 11 is 5.94. The van der Waals surface area contributed by atoms with Crippen molar-refractivity contribution in [2.24, 2.45) is 0 Å². The molecule has 1 N–H and O–H groups in total. The van der Waals surface area contributed by atoms with Crippen molar-refractivity contribution in [1.29, 1.82) is 0 Å². The molecule has 0 aliphatic carbocycles. The van der Waals surface area contributed by atoms with Gasteiger partial charge in [0.15, 0.2) is 0 Å². The van der Waals surface area contributed by atoms with Crippen LogP contribution in [0.15, 0.2) is 24.3 Å². The lowest BCUT2D eigenvalue weighted by molar-refractivity contribution is 0.0148. The molecule has 0 aliphatic heterocycles. The molecule has 0 fully saturated rings. The van der Waals surface area contributed by atoms with Crippen LogP contribution in [0.25, 0.3) is 0 Å². The Balaban J connectivity index is 2.65. The number of hydrogen-bond donors (Lipinski definition) is 1. The molecular weight excluding hydrogens is 294 g/mol. The summed E-state index contributed by atoms with van der Waals surface area (Å²) in [6, 6.07) is 7.56. The highest BCUT2D eigenvalue weighted by atomic mass is 35.5. The Labute approximate surface area is 141 Å². The molecule has 0 saturated carbocycles. The molecule has 1 aromatic rings. The Morgan fingerprint density at radius 3 is 1.91 bits per heavy atom. The van der Waals surface area contributed by atoms with Gasteiger partial charge >= 0.3 is 0 Å². The first-order chi connectivity index (χ1) is 10.5. The molecule has 0 bridgehead atoms. The fraction of sp³-hybridized carbons (Fsp3) is 0.684. The third kappa shape index (κ3) is 7.13. The average Bonchev–Trinajstić information content (AvgIpc) is 2.47. The van der Waals surface area contributed by atoms with Crippen LogP contribution in [0.3, 0.4) is 0 Å². The fourth-order valence-corrected chi connectivity index (χ4v) is 2.90. The van der Waals surface area contributed by atoms with Crippen molar-refractivity contribution in [1.82, 2.24) is 4.90 Å². The summed E-state index contributed by atoms with van der Waals surface area (Å²) in [5.74, 6) is 0. The quantitative estimate of drug-likeness (QED) is 0.563. The molecular formula is C19H32ClNO. The Bertz CT molecular complexity index is 392. The Morgan fingerprint density at radius 1 is 0.955 bits per heavy atom. The zero-order valence-corrected chi connectivity index (χ0v) is 15.2. The maximum Gasteiger partial charge on any atom is 0.0994 e. The molecule has 1 unspecified atom stereocenters. The molecule has 0 amide bonds. The highest BCUT2D eigenvalue weighted by Gasteiger charge is 2.25. The van der Waals surface area contributed by atoms with E-state index in [-0.39, 0.29) is 0 Å². The highest BCUT2D eigenvalue weighted by Crippen LogP contribution is 2.24. The number of nitrogens with zero attached hydrogens (tertiary/aromatic N) is 1. The largest absolute Gasteiger partial charge is 0.384 e. The first-order valence-corrected chi connectivity index (χ1v) is 9.08. The second-order valence-electron chi connectivity index (χ2n) is 6.47. The number of halogens is 1. The molecule has 3 heteroatoms. The molecule has 1 rings (SSSR count). The summed E-state index contributed by atoms with van der Waals surface area (Å²) < 4.78 is 0. The summed E-state index contributed by atoms with van der Waals surface area (Å²) in [6.45, 7) is 9.18. The van der Waals surface area contributed by atoms with Gasteiger partial charge in [0.2, 0.25) is 0 Å². The molecule has 0 heterocycles. The van der Waals surface area contributed by atoms with Gasteiger partial charge in [0, 0.05) is 11.6 Å². The minimum Gasteiger partial charge on any atom is -0.384 e. The van der Waals surface area contributed by atoms with E-state index in [2.05, 4.69) is 18.7 Å². The van der Waals surface area contributed by atoms with Crippen molar-refractivity contribution < 1.29 is 5.11 Å². The van der Waals surface area contributed by atoms with Gasteiger partial charge in [-0.2, -0.15) is 0 Å². The summed E-state index contributed by atoms with van der Waals surface area (Å²) in [4.78, 5) is 2.42. The summed E-state index contributed by atoms with van der Waals surface area (Å²) in [5, 5.41) is 11.6. The van der Waals surface area contributed by atoms with Gasteiger partial charge in [0.1, 0.15) is 0 Å².